The fourth-order valence-electron chi connectivity index (χ4n) is 1.32. The zero-order chi connectivity index (χ0) is 14.5. The quantitative estimate of drug-likeness (QED) is 0.802. The minimum Gasteiger partial charge on any atom is -0.491 e. The second-order valence-corrected chi connectivity index (χ2v) is 3.92. The molecule has 7 heteroatoms. The molecule has 0 aliphatic heterocycles. The molecule has 0 aliphatic carbocycles. The minimum atomic E-state index is -4.47. The molecular weight excluding hydrogens is 261 g/mol. The van der Waals surface area contributed by atoms with Crippen molar-refractivity contribution in [1.82, 2.24) is 5.32 Å². The number of rotatable bonds is 5. The van der Waals surface area contributed by atoms with Crippen LogP contribution >= 0.6 is 0 Å². The number of carbonyl (C=O) groups is 1. The highest BCUT2D eigenvalue weighted by molar-refractivity contribution is 5.80. The topological polar surface area (TPSA) is 64.4 Å². The summed E-state index contributed by atoms with van der Waals surface area (Å²) in [5.74, 6) is -0.641. The number of nitrogens with two attached hydrogens (primary N) is 1. The van der Waals surface area contributed by atoms with E-state index in [0.717, 1.165) is 6.07 Å². The normalized spacial score (nSPS) is 12.9. The molecule has 19 heavy (non-hydrogen) atoms. The van der Waals surface area contributed by atoms with Crippen LogP contribution in [-0.2, 0) is 11.0 Å². The number of hydrogen-bond acceptors (Lipinski definition) is 3. The van der Waals surface area contributed by atoms with Crippen LogP contribution in [0.25, 0.3) is 0 Å². The first-order valence-corrected chi connectivity index (χ1v) is 5.64. The van der Waals surface area contributed by atoms with Gasteiger partial charge < -0.3 is 15.8 Å². The van der Waals surface area contributed by atoms with Gasteiger partial charge in [-0.1, -0.05) is 12.1 Å². The van der Waals surface area contributed by atoms with Crippen molar-refractivity contribution >= 4 is 5.91 Å². The van der Waals surface area contributed by atoms with Gasteiger partial charge in [0.05, 0.1) is 18.2 Å². The molecule has 1 aromatic rings. The molecule has 0 saturated carbocycles. The average molecular weight is 276 g/mol. The van der Waals surface area contributed by atoms with Gasteiger partial charge in [0.25, 0.3) is 0 Å². The van der Waals surface area contributed by atoms with E-state index < -0.39 is 17.8 Å². The van der Waals surface area contributed by atoms with Crippen LogP contribution in [-0.4, -0.2) is 25.1 Å². The van der Waals surface area contributed by atoms with E-state index in [1.165, 1.54) is 25.1 Å². The van der Waals surface area contributed by atoms with Crippen molar-refractivity contribution < 1.29 is 22.7 Å². The van der Waals surface area contributed by atoms with E-state index in [4.69, 9.17) is 10.5 Å². The Hall–Kier alpha value is -1.76. The third-order valence-corrected chi connectivity index (χ3v) is 2.26. The van der Waals surface area contributed by atoms with Crippen molar-refractivity contribution in [1.29, 1.82) is 0 Å². The number of nitrogens with one attached hydrogen (secondary N) is 1. The van der Waals surface area contributed by atoms with Crippen molar-refractivity contribution in [3.05, 3.63) is 29.8 Å². The maximum atomic E-state index is 12.6. The van der Waals surface area contributed by atoms with Gasteiger partial charge in [-0.05, 0) is 19.1 Å². The fourth-order valence-corrected chi connectivity index (χ4v) is 1.32. The largest absolute Gasteiger partial charge is 0.491 e. The summed E-state index contributed by atoms with van der Waals surface area (Å²) in [5.41, 5.74) is 4.47. The van der Waals surface area contributed by atoms with Crippen molar-refractivity contribution in [2.45, 2.75) is 19.1 Å². The van der Waals surface area contributed by atoms with Gasteiger partial charge in [0.15, 0.2) is 0 Å². The zero-order valence-corrected chi connectivity index (χ0v) is 10.3. The van der Waals surface area contributed by atoms with Gasteiger partial charge in [-0.2, -0.15) is 13.2 Å². The van der Waals surface area contributed by atoms with Crippen molar-refractivity contribution in [3.63, 3.8) is 0 Å². The van der Waals surface area contributed by atoms with E-state index in [0.29, 0.717) is 0 Å². The van der Waals surface area contributed by atoms with Gasteiger partial charge in [0.2, 0.25) is 5.91 Å². The van der Waals surface area contributed by atoms with Crippen molar-refractivity contribution in [2.24, 2.45) is 5.73 Å². The summed E-state index contributed by atoms with van der Waals surface area (Å²) in [7, 11) is 0. The first-order valence-electron chi connectivity index (χ1n) is 5.64. The van der Waals surface area contributed by atoms with Crippen LogP contribution in [0.5, 0.6) is 5.75 Å². The molecule has 0 radical (unpaired) electrons. The average Bonchev–Trinajstić information content (AvgIpc) is 2.33. The molecule has 0 unspecified atom stereocenters. The first kappa shape index (κ1) is 15.3. The van der Waals surface area contributed by atoms with E-state index in [1.54, 1.807) is 0 Å². The summed E-state index contributed by atoms with van der Waals surface area (Å²) in [6, 6.07) is 4.24. The van der Waals surface area contributed by atoms with Gasteiger partial charge in [-0.25, -0.2) is 0 Å². The molecule has 0 spiro atoms. The lowest BCUT2D eigenvalue weighted by molar-refractivity contribution is -0.139. The number of halogens is 3. The predicted octanol–water partition coefficient (Wildman–Crippen LogP) is 1.55. The molecule has 1 amide bonds. The molecule has 0 bridgehead atoms. The van der Waals surface area contributed by atoms with Crippen LogP contribution < -0.4 is 15.8 Å². The Bertz CT molecular complexity index is 433. The number of hydrogen-bond donors (Lipinski definition) is 2. The molecule has 1 atom stereocenters. The summed E-state index contributed by atoms with van der Waals surface area (Å²) in [6.45, 7) is 1.53. The maximum Gasteiger partial charge on any atom is 0.419 e. The highest BCUT2D eigenvalue weighted by atomic mass is 19.4. The lowest BCUT2D eigenvalue weighted by Crippen LogP contribution is -2.40. The van der Waals surface area contributed by atoms with E-state index in [-0.39, 0.29) is 24.8 Å². The molecular formula is C12H15F3N2O2. The lowest BCUT2D eigenvalue weighted by Gasteiger charge is -2.14. The number of alkyl halides is 3. The lowest BCUT2D eigenvalue weighted by atomic mass is 10.2. The van der Waals surface area contributed by atoms with Gasteiger partial charge in [-0.3, -0.25) is 4.79 Å². The van der Waals surface area contributed by atoms with Crippen LogP contribution in [0.1, 0.15) is 12.5 Å². The summed E-state index contributed by atoms with van der Waals surface area (Å²) in [5, 5.41) is 2.44. The van der Waals surface area contributed by atoms with Crippen LogP contribution in [0.15, 0.2) is 24.3 Å². The molecule has 1 rings (SSSR count). The molecule has 0 fully saturated rings. The number of ether oxygens (including phenoxy) is 1. The second kappa shape index (κ2) is 6.42. The van der Waals surface area contributed by atoms with Crippen LogP contribution in [0.4, 0.5) is 13.2 Å². The summed E-state index contributed by atoms with van der Waals surface area (Å²) in [6.07, 6.45) is -4.47. The molecule has 3 N–H and O–H groups in total. The molecule has 4 nitrogen and oxygen atoms in total. The highest BCUT2D eigenvalue weighted by Gasteiger charge is 2.33. The Morgan fingerprint density at radius 2 is 2.05 bits per heavy atom. The number of carbonyl (C=O) groups excluding carboxylic acids is 1. The van der Waals surface area contributed by atoms with E-state index in [2.05, 4.69) is 5.32 Å². The molecule has 0 heterocycles. The molecule has 106 valence electrons. The van der Waals surface area contributed by atoms with Crippen LogP contribution in [0.3, 0.4) is 0 Å². The third-order valence-electron chi connectivity index (χ3n) is 2.26. The van der Waals surface area contributed by atoms with Crippen LogP contribution in [0, 0.1) is 0 Å². The second-order valence-electron chi connectivity index (χ2n) is 3.92. The van der Waals surface area contributed by atoms with Crippen molar-refractivity contribution in [2.75, 3.05) is 13.2 Å². The summed E-state index contributed by atoms with van der Waals surface area (Å²) < 4.78 is 42.9. The predicted molar refractivity (Wildman–Crippen MR) is 63.6 cm³/mol. The third kappa shape index (κ3) is 4.78. The van der Waals surface area contributed by atoms with Gasteiger partial charge in [-0.15, -0.1) is 0 Å². The number of benzene rings is 1. The van der Waals surface area contributed by atoms with Gasteiger partial charge >= 0.3 is 6.18 Å². The summed E-state index contributed by atoms with van der Waals surface area (Å²) in [4.78, 5) is 11.1. The Kier molecular flexibility index (Phi) is 5.17. The zero-order valence-electron chi connectivity index (χ0n) is 10.3. The summed E-state index contributed by atoms with van der Waals surface area (Å²) >= 11 is 0. The van der Waals surface area contributed by atoms with Crippen molar-refractivity contribution in [3.8, 4) is 5.75 Å². The standard InChI is InChI=1S/C12H15F3N2O2/c1-8(16)11(18)17-6-7-19-10-5-3-2-4-9(10)12(13,14)15/h2-5,8H,6-7,16H2,1H3,(H,17,18)/t8-/m0/s1. The SMILES string of the molecule is C[C@H](N)C(=O)NCCOc1ccccc1C(F)(F)F. The van der Waals surface area contributed by atoms with E-state index >= 15 is 0 Å². The Morgan fingerprint density at radius 3 is 2.63 bits per heavy atom. The Balaban J connectivity index is 2.53. The monoisotopic (exact) mass is 276 g/mol. The van der Waals surface area contributed by atoms with Gasteiger partial charge in [0.1, 0.15) is 12.4 Å². The highest BCUT2D eigenvalue weighted by Crippen LogP contribution is 2.35. The molecule has 0 aliphatic rings. The fraction of sp³-hybridized carbons (Fsp3) is 0.417. The number of para-hydroxylation sites is 1. The molecule has 0 aromatic heterocycles. The Morgan fingerprint density at radius 1 is 1.42 bits per heavy atom. The molecule has 0 saturated heterocycles. The molecule has 1 aromatic carbocycles. The van der Waals surface area contributed by atoms with E-state index in [1.807, 2.05) is 0 Å². The van der Waals surface area contributed by atoms with Gasteiger partial charge in [0, 0.05) is 0 Å². The first-order chi connectivity index (χ1) is 8.82. The number of amides is 1. The maximum absolute atomic E-state index is 12.6. The van der Waals surface area contributed by atoms with E-state index in [9.17, 15) is 18.0 Å². The minimum absolute atomic E-state index is 0.0639. The van der Waals surface area contributed by atoms with Crippen LogP contribution in [0.2, 0.25) is 0 Å². The smallest absolute Gasteiger partial charge is 0.419 e. The Labute approximate surface area is 108 Å².